The van der Waals surface area contributed by atoms with Crippen molar-refractivity contribution in [1.29, 1.82) is 0 Å². The van der Waals surface area contributed by atoms with E-state index in [1.165, 1.54) is 19.3 Å². The van der Waals surface area contributed by atoms with Gasteiger partial charge in [-0.2, -0.15) is 0 Å². The molecule has 1 N–H and O–H groups in total. The predicted molar refractivity (Wildman–Crippen MR) is 76.1 cm³/mol. The van der Waals surface area contributed by atoms with Gasteiger partial charge in [-0.15, -0.1) is 0 Å². The lowest BCUT2D eigenvalue weighted by atomic mass is 9.91. The molecule has 2 atom stereocenters. The second-order valence-electron chi connectivity index (χ2n) is 5.54. The van der Waals surface area contributed by atoms with Crippen LogP contribution in [0.15, 0.2) is 18.2 Å². The van der Waals surface area contributed by atoms with E-state index < -0.39 is 5.97 Å². The molecule has 2 aliphatic rings. The molecule has 0 radical (unpaired) electrons. The van der Waals surface area contributed by atoms with Crippen molar-refractivity contribution in [3.8, 4) is 0 Å². The van der Waals surface area contributed by atoms with Gasteiger partial charge in [0, 0.05) is 12.6 Å². The fraction of sp³-hybridized carbons (Fsp3) is 0.533. The zero-order valence-electron chi connectivity index (χ0n) is 10.8. The Labute approximate surface area is 118 Å². The fourth-order valence-electron chi connectivity index (χ4n) is 3.71. The average molecular weight is 280 g/mol. The van der Waals surface area contributed by atoms with Crippen LogP contribution >= 0.6 is 11.6 Å². The van der Waals surface area contributed by atoms with Crippen LogP contribution in [0.4, 0.5) is 5.69 Å². The maximum absolute atomic E-state index is 11.4. The number of anilines is 1. The summed E-state index contributed by atoms with van der Waals surface area (Å²) in [4.78, 5) is 13.7. The first kappa shape index (κ1) is 12.8. The van der Waals surface area contributed by atoms with Gasteiger partial charge in [0.1, 0.15) is 0 Å². The SMILES string of the molecule is O=C(O)c1cccc(Cl)c1N1CCCC2CCCC21. The third-order valence-corrected chi connectivity index (χ3v) is 4.80. The van der Waals surface area contributed by atoms with Crippen LogP contribution in [0.3, 0.4) is 0 Å². The first-order chi connectivity index (χ1) is 9.18. The average Bonchev–Trinajstić information content (AvgIpc) is 2.86. The van der Waals surface area contributed by atoms with Crippen molar-refractivity contribution in [2.75, 3.05) is 11.4 Å². The predicted octanol–water partition coefficient (Wildman–Crippen LogP) is 3.81. The Morgan fingerprint density at radius 2 is 2.05 bits per heavy atom. The molecule has 2 fully saturated rings. The van der Waals surface area contributed by atoms with E-state index in [2.05, 4.69) is 4.90 Å². The molecule has 1 aromatic rings. The van der Waals surface area contributed by atoms with Crippen molar-refractivity contribution in [2.24, 2.45) is 5.92 Å². The number of carboxylic acids is 1. The molecule has 2 unspecified atom stereocenters. The lowest BCUT2D eigenvalue weighted by Gasteiger charge is -2.40. The lowest BCUT2D eigenvalue weighted by molar-refractivity contribution is 0.0697. The van der Waals surface area contributed by atoms with Gasteiger partial charge < -0.3 is 10.0 Å². The molecule has 1 heterocycles. The second-order valence-corrected chi connectivity index (χ2v) is 5.94. The van der Waals surface area contributed by atoms with Gasteiger partial charge in [0.2, 0.25) is 0 Å². The van der Waals surface area contributed by atoms with Gasteiger partial charge in [0.15, 0.2) is 0 Å². The molecule has 19 heavy (non-hydrogen) atoms. The summed E-state index contributed by atoms with van der Waals surface area (Å²) in [5.41, 5.74) is 1.06. The monoisotopic (exact) mass is 279 g/mol. The van der Waals surface area contributed by atoms with E-state index in [0.717, 1.165) is 25.1 Å². The summed E-state index contributed by atoms with van der Waals surface area (Å²) in [6.07, 6.45) is 6.08. The van der Waals surface area contributed by atoms with E-state index in [-0.39, 0.29) is 0 Å². The topological polar surface area (TPSA) is 40.5 Å². The zero-order chi connectivity index (χ0) is 13.4. The standard InChI is InChI=1S/C15H18ClNO2/c16-12-7-2-6-11(15(18)19)14(12)17-9-3-5-10-4-1-8-13(10)17/h2,6-7,10,13H,1,3-5,8-9H2,(H,18,19). The highest BCUT2D eigenvalue weighted by Crippen LogP contribution is 2.42. The minimum Gasteiger partial charge on any atom is -0.478 e. The zero-order valence-corrected chi connectivity index (χ0v) is 11.6. The molecule has 1 saturated heterocycles. The van der Waals surface area contributed by atoms with Gasteiger partial charge in [-0.25, -0.2) is 4.79 Å². The minimum atomic E-state index is -0.891. The number of carbonyl (C=O) groups is 1. The van der Waals surface area contributed by atoms with Crippen LogP contribution in [-0.2, 0) is 0 Å². The molecule has 1 aliphatic carbocycles. The third kappa shape index (κ3) is 2.20. The third-order valence-electron chi connectivity index (χ3n) is 4.50. The molecule has 3 nitrogen and oxygen atoms in total. The van der Waals surface area contributed by atoms with Crippen molar-refractivity contribution >= 4 is 23.3 Å². The van der Waals surface area contributed by atoms with Crippen molar-refractivity contribution < 1.29 is 9.90 Å². The van der Waals surface area contributed by atoms with Crippen molar-refractivity contribution in [1.82, 2.24) is 0 Å². The number of carboxylic acid groups (broad SMARTS) is 1. The van der Waals surface area contributed by atoms with Crippen molar-refractivity contribution in [2.45, 2.75) is 38.1 Å². The summed E-state index contributed by atoms with van der Waals surface area (Å²) >= 11 is 6.29. The lowest BCUT2D eigenvalue weighted by Crippen LogP contribution is -2.43. The van der Waals surface area contributed by atoms with E-state index >= 15 is 0 Å². The Bertz CT molecular complexity index is 503. The van der Waals surface area contributed by atoms with Gasteiger partial charge in [-0.1, -0.05) is 24.1 Å². The van der Waals surface area contributed by atoms with Gasteiger partial charge in [0.05, 0.1) is 16.3 Å². The van der Waals surface area contributed by atoms with Crippen LogP contribution < -0.4 is 4.90 Å². The number of benzene rings is 1. The van der Waals surface area contributed by atoms with Gasteiger partial charge in [-0.05, 0) is 43.7 Å². The highest BCUT2D eigenvalue weighted by Gasteiger charge is 2.37. The van der Waals surface area contributed by atoms with Gasteiger partial charge in [-0.3, -0.25) is 0 Å². The molecule has 3 rings (SSSR count). The summed E-state index contributed by atoms with van der Waals surface area (Å²) < 4.78 is 0. The Hall–Kier alpha value is -1.22. The highest BCUT2D eigenvalue weighted by molar-refractivity contribution is 6.34. The van der Waals surface area contributed by atoms with Crippen LogP contribution in [0.5, 0.6) is 0 Å². The summed E-state index contributed by atoms with van der Waals surface area (Å²) in [6, 6.07) is 5.64. The summed E-state index contributed by atoms with van der Waals surface area (Å²) in [7, 11) is 0. The van der Waals surface area contributed by atoms with Gasteiger partial charge >= 0.3 is 5.97 Å². The smallest absolute Gasteiger partial charge is 0.337 e. The highest BCUT2D eigenvalue weighted by atomic mass is 35.5. The fourth-order valence-corrected chi connectivity index (χ4v) is 3.99. The van der Waals surface area contributed by atoms with Crippen LogP contribution in [0.1, 0.15) is 42.5 Å². The maximum Gasteiger partial charge on any atom is 0.337 e. The molecule has 1 aromatic carbocycles. The van der Waals surface area contributed by atoms with E-state index in [1.54, 1.807) is 18.2 Å². The molecule has 0 bridgehead atoms. The Kier molecular flexibility index (Phi) is 3.40. The van der Waals surface area contributed by atoms with Crippen LogP contribution in [0.2, 0.25) is 5.02 Å². The van der Waals surface area contributed by atoms with Gasteiger partial charge in [0.25, 0.3) is 0 Å². The van der Waals surface area contributed by atoms with E-state index in [4.69, 9.17) is 11.6 Å². The molecule has 1 saturated carbocycles. The van der Waals surface area contributed by atoms with Crippen LogP contribution in [0.25, 0.3) is 0 Å². The second kappa shape index (κ2) is 5.04. The number of hydrogen-bond acceptors (Lipinski definition) is 2. The molecule has 0 aromatic heterocycles. The van der Waals surface area contributed by atoms with E-state index in [0.29, 0.717) is 22.5 Å². The first-order valence-electron chi connectivity index (χ1n) is 6.97. The molecule has 0 spiro atoms. The van der Waals surface area contributed by atoms with Crippen molar-refractivity contribution in [3.63, 3.8) is 0 Å². The molecule has 102 valence electrons. The summed E-state index contributed by atoms with van der Waals surface area (Å²) in [6.45, 7) is 0.922. The Balaban J connectivity index is 2.03. The number of hydrogen-bond donors (Lipinski definition) is 1. The molecule has 1 aliphatic heterocycles. The largest absolute Gasteiger partial charge is 0.478 e. The minimum absolute atomic E-state index is 0.333. The van der Waals surface area contributed by atoms with Crippen LogP contribution in [-0.4, -0.2) is 23.7 Å². The first-order valence-corrected chi connectivity index (χ1v) is 7.34. The van der Waals surface area contributed by atoms with Crippen molar-refractivity contribution in [3.05, 3.63) is 28.8 Å². The molecular formula is C15H18ClNO2. The number of halogens is 1. The number of para-hydroxylation sites is 1. The number of fused-ring (bicyclic) bond motifs is 1. The number of piperidine rings is 1. The normalized spacial score (nSPS) is 26.3. The van der Waals surface area contributed by atoms with Crippen LogP contribution in [0, 0.1) is 5.92 Å². The number of rotatable bonds is 2. The maximum atomic E-state index is 11.4. The molecule has 0 amide bonds. The molecule has 4 heteroatoms. The summed E-state index contributed by atoms with van der Waals surface area (Å²) in [5.74, 6) is -0.177. The Morgan fingerprint density at radius 1 is 1.26 bits per heavy atom. The van der Waals surface area contributed by atoms with E-state index in [1.807, 2.05) is 0 Å². The quantitative estimate of drug-likeness (QED) is 0.895. The van der Waals surface area contributed by atoms with E-state index in [9.17, 15) is 9.90 Å². The molecular weight excluding hydrogens is 262 g/mol. The number of nitrogens with zero attached hydrogens (tertiary/aromatic N) is 1. The summed E-state index contributed by atoms with van der Waals surface area (Å²) in [5, 5.41) is 9.94. The number of aromatic carboxylic acids is 1. The Morgan fingerprint density at radius 3 is 2.84 bits per heavy atom.